The maximum atomic E-state index is 12.4. The summed E-state index contributed by atoms with van der Waals surface area (Å²) in [6.45, 7) is 1.70. The van der Waals surface area contributed by atoms with E-state index in [4.69, 9.17) is 5.26 Å². The minimum absolute atomic E-state index is 0.307. The fourth-order valence-electron chi connectivity index (χ4n) is 4.96. The molecule has 5 rings (SSSR count). The first kappa shape index (κ1) is 20.8. The van der Waals surface area contributed by atoms with Crippen molar-refractivity contribution < 1.29 is 4.79 Å². The second kappa shape index (κ2) is 9.16. The summed E-state index contributed by atoms with van der Waals surface area (Å²) >= 11 is 0. The number of amides is 1. The molecule has 2 heterocycles. The van der Waals surface area contributed by atoms with Crippen LogP contribution < -0.4 is 5.32 Å². The summed E-state index contributed by atoms with van der Waals surface area (Å²) < 4.78 is 0. The molecule has 5 nitrogen and oxygen atoms in total. The first-order valence-corrected chi connectivity index (χ1v) is 11.9. The highest BCUT2D eigenvalue weighted by molar-refractivity contribution is 5.94. The van der Waals surface area contributed by atoms with Gasteiger partial charge in [0.05, 0.1) is 6.07 Å². The number of hydrogen-bond acceptors (Lipinski definition) is 4. The average molecular weight is 427 g/mol. The molecule has 1 atom stereocenters. The summed E-state index contributed by atoms with van der Waals surface area (Å²) in [7, 11) is 0. The Bertz CT molecular complexity index is 1100. The molecule has 1 unspecified atom stereocenters. The van der Waals surface area contributed by atoms with Gasteiger partial charge in [-0.2, -0.15) is 5.26 Å². The van der Waals surface area contributed by atoms with E-state index >= 15 is 0 Å². The van der Waals surface area contributed by atoms with Gasteiger partial charge < -0.3 is 10.2 Å². The van der Waals surface area contributed by atoms with Crippen LogP contribution in [0, 0.1) is 17.2 Å². The van der Waals surface area contributed by atoms with Crippen LogP contribution in [0.3, 0.4) is 0 Å². The molecule has 5 heteroatoms. The Hall–Kier alpha value is -3.13. The van der Waals surface area contributed by atoms with Crippen LogP contribution in [0.25, 0.3) is 10.8 Å². The molecule has 1 N–H and O–H groups in total. The van der Waals surface area contributed by atoms with Crippen molar-refractivity contribution in [1.82, 2.24) is 9.88 Å². The predicted molar refractivity (Wildman–Crippen MR) is 127 cm³/mol. The van der Waals surface area contributed by atoms with Crippen molar-refractivity contribution in [2.24, 2.45) is 5.92 Å². The minimum Gasteiger partial charge on any atom is -0.382 e. The number of benzene rings is 1. The molecule has 1 amide bonds. The van der Waals surface area contributed by atoms with E-state index in [9.17, 15) is 4.79 Å². The zero-order valence-corrected chi connectivity index (χ0v) is 18.5. The summed E-state index contributed by atoms with van der Waals surface area (Å²) in [6, 6.07) is 9.27. The lowest BCUT2D eigenvalue weighted by Crippen LogP contribution is -2.43. The normalized spacial score (nSPS) is 21.3. The van der Waals surface area contributed by atoms with Gasteiger partial charge >= 0.3 is 0 Å². The molecule has 1 saturated carbocycles. The maximum absolute atomic E-state index is 12.4. The first-order valence-electron chi connectivity index (χ1n) is 11.9. The summed E-state index contributed by atoms with van der Waals surface area (Å²) in [5.74, 6) is 0.996. The Morgan fingerprint density at radius 1 is 1.22 bits per heavy atom. The monoisotopic (exact) mass is 426 g/mol. The lowest BCUT2D eigenvalue weighted by atomic mass is 9.87. The summed E-state index contributed by atoms with van der Waals surface area (Å²) in [5.41, 5.74) is 3.69. The third kappa shape index (κ3) is 4.55. The summed E-state index contributed by atoms with van der Waals surface area (Å²) in [5, 5.41) is 15.1. The fraction of sp³-hybridized carbons (Fsp3) is 0.444. The summed E-state index contributed by atoms with van der Waals surface area (Å²) in [6.07, 6.45) is 17.0. The number of anilines is 1. The van der Waals surface area contributed by atoms with E-state index in [2.05, 4.69) is 57.7 Å². The Morgan fingerprint density at radius 2 is 2.06 bits per heavy atom. The maximum Gasteiger partial charge on any atom is 0.225 e. The molecular formula is C27H30N4O. The van der Waals surface area contributed by atoms with Gasteiger partial charge in [0.1, 0.15) is 0 Å². The van der Waals surface area contributed by atoms with E-state index in [1.165, 1.54) is 16.5 Å². The Morgan fingerprint density at radius 3 is 2.84 bits per heavy atom. The molecule has 0 radical (unpaired) electrons. The first-order chi connectivity index (χ1) is 15.7. The van der Waals surface area contributed by atoms with Crippen molar-refractivity contribution in [2.75, 3.05) is 18.4 Å². The van der Waals surface area contributed by atoms with Gasteiger partial charge in [0.25, 0.3) is 0 Å². The molecule has 0 spiro atoms. The molecule has 2 aliphatic carbocycles. The SMILES string of the molecule is N#CCCC1=CC(c2cc(NC3CCN(C(=O)C4CC4)CC3)c3cnccc3c2)CC=C1. The quantitative estimate of drug-likeness (QED) is 0.679. The van der Waals surface area contributed by atoms with E-state index < -0.39 is 0 Å². The number of nitrogens with zero attached hydrogens (tertiary/aromatic N) is 3. The number of allylic oxidation sites excluding steroid dienone is 4. The Kier molecular flexibility index (Phi) is 5.94. The van der Waals surface area contributed by atoms with Crippen LogP contribution in [0.15, 0.2) is 54.4 Å². The van der Waals surface area contributed by atoms with Crippen LogP contribution in [0.4, 0.5) is 5.69 Å². The van der Waals surface area contributed by atoms with Crippen molar-refractivity contribution >= 4 is 22.4 Å². The van der Waals surface area contributed by atoms with Crippen LogP contribution in [-0.2, 0) is 4.79 Å². The van der Waals surface area contributed by atoms with E-state index in [0.29, 0.717) is 30.2 Å². The number of carbonyl (C=O) groups excluding carboxylic acids is 1. The third-order valence-corrected chi connectivity index (χ3v) is 6.96. The van der Waals surface area contributed by atoms with Crippen LogP contribution in [-0.4, -0.2) is 34.9 Å². The molecular weight excluding hydrogens is 396 g/mol. The topological polar surface area (TPSA) is 69.0 Å². The van der Waals surface area contributed by atoms with Gasteiger partial charge in [0.15, 0.2) is 0 Å². The van der Waals surface area contributed by atoms with E-state index in [1.54, 1.807) is 0 Å². The standard InChI is InChI=1S/C27H30N4O/c28-11-2-4-19-3-1-5-21(15-19)23-16-22-8-12-29-18-25(22)26(17-23)30-24-9-13-31(14-10-24)27(32)20-6-7-20/h1,3,8,12,15-18,20-21,24,30H,2,4-7,9-10,13-14H2. The van der Waals surface area contributed by atoms with Crippen LogP contribution >= 0.6 is 0 Å². The highest BCUT2D eigenvalue weighted by atomic mass is 16.2. The van der Waals surface area contributed by atoms with Crippen molar-refractivity contribution in [3.63, 3.8) is 0 Å². The van der Waals surface area contributed by atoms with Gasteiger partial charge in [0, 0.05) is 60.9 Å². The van der Waals surface area contributed by atoms with Gasteiger partial charge in [-0.05, 0) is 61.6 Å². The van der Waals surface area contributed by atoms with Gasteiger partial charge in [-0.1, -0.05) is 29.9 Å². The number of carbonyl (C=O) groups is 1. The number of piperidine rings is 1. The number of fused-ring (bicyclic) bond motifs is 1. The smallest absolute Gasteiger partial charge is 0.225 e. The zero-order valence-electron chi connectivity index (χ0n) is 18.5. The average Bonchev–Trinajstić information content (AvgIpc) is 3.68. The second-order valence-corrected chi connectivity index (χ2v) is 9.33. The number of pyridine rings is 1. The number of nitriles is 1. The van der Waals surface area contributed by atoms with Gasteiger partial charge in [-0.25, -0.2) is 0 Å². The largest absolute Gasteiger partial charge is 0.382 e. The number of nitrogens with one attached hydrogen (secondary N) is 1. The number of likely N-dealkylation sites (tertiary alicyclic amines) is 1. The molecule has 0 bridgehead atoms. The molecule has 1 aromatic heterocycles. The second-order valence-electron chi connectivity index (χ2n) is 9.33. The summed E-state index contributed by atoms with van der Waals surface area (Å²) in [4.78, 5) is 18.8. The number of hydrogen-bond donors (Lipinski definition) is 1. The highest BCUT2D eigenvalue weighted by Gasteiger charge is 2.35. The lowest BCUT2D eigenvalue weighted by molar-refractivity contribution is -0.133. The van der Waals surface area contributed by atoms with Crippen molar-refractivity contribution in [3.8, 4) is 6.07 Å². The molecule has 164 valence electrons. The third-order valence-electron chi connectivity index (χ3n) is 6.96. The van der Waals surface area contributed by atoms with Crippen molar-refractivity contribution in [1.29, 1.82) is 5.26 Å². The van der Waals surface area contributed by atoms with E-state index in [0.717, 1.165) is 62.7 Å². The molecule has 1 saturated heterocycles. The van der Waals surface area contributed by atoms with Crippen LogP contribution in [0.2, 0.25) is 0 Å². The lowest BCUT2D eigenvalue weighted by Gasteiger charge is -2.33. The predicted octanol–water partition coefficient (Wildman–Crippen LogP) is 5.32. The zero-order chi connectivity index (χ0) is 21.9. The number of rotatable bonds is 6. The molecule has 1 aromatic carbocycles. The van der Waals surface area contributed by atoms with Gasteiger partial charge in [0.2, 0.25) is 5.91 Å². The molecule has 2 fully saturated rings. The van der Waals surface area contributed by atoms with Crippen LogP contribution in [0.1, 0.15) is 56.4 Å². The Balaban J connectivity index is 1.35. The van der Waals surface area contributed by atoms with Crippen LogP contribution in [0.5, 0.6) is 0 Å². The molecule has 1 aliphatic heterocycles. The van der Waals surface area contributed by atoms with Gasteiger partial charge in [-0.15, -0.1) is 0 Å². The molecule has 32 heavy (non-hydrogen) atoms. The van der Waals surface area contributed by atoms with Crippen molar-refractivity contribution in [2.45, 2.75) is 56.9 Å². The Labute approximate surface area is 189 Å². The highest BCUT2D eigenvalue weighted by Crippen LogP contribution is 2.35. The van der Waals surface area contributed by atoms with E-state index in [-0.39, 0.29) is 0 Å². The van der Waals surface area contributed by atoms with E-state index in [1.807, 2.05) is 12.4 Å². The van der Waals surface area contributed by atoms with Crippen molar-refractivity contribution in [3.05, 3.63) is 60.0 Å². The minimum atomic E-state index is 0.307. The number of aromatic nitrogens is 1. The fourth-order valence-corrected chi connectivity index (χ4v) is 4.96. The van der Waals surface area contributed by atoms with Gasteiger partial charge in [-0.3, -0.25) is 9.78 Å². The molecule has 2 aromatic rings. The molecule has 3 aliphatic rings.